The Morgan fingerprint density at radius 2 is 1.79 bits per heavy atom. The Labute approximate surface area is 110 Å². The average molecular weight is 255 g/mol. The molecule has 0 atom stereocenters. The predicted octanol–water partition coefficient (Wildman–Crippen LogP) is 3.47. The van der Waals surface area contributed by atoms with E-state index in [2.05, 4.69) is 4.98 Å². The van der Waals surface area contributed by atoms with Crippen LogP contribution in [-0.2, 0) is 6.42 Å². The standard InChI is InChI=1S/C15H13NO3/c1-2-11-12(18)7-8-13-14(11)16-15(19-13)9-3-5-10(17)6-4-9/h3-8,17-18H,2H2,1H3. The molecular formula is C15H13NO3. The minimum atomic E-state index is 0.201. The van der Waals surface area contributed by atoms with E-state index < -0.39 is 0 Å². The van der Waals surface area contributed by atoms with Crippen LogP contribution in [0.15, 0.2) is 40.8 Å². The minimum Gasteiger partial charge on any atom is -0.508 e. The van der Waals surface area contributed by atoms with Gasteiger partial charge in [-0.15, -0.1) is 0 Å². The van der Waals surface area contributed by atoms with Crippen LogP contribution in [0.5, 0.6) is 11.5 Å². The number of benzene rings is 2. The second kappa shape index (κ2) is 4.31. The molecule has 2 N–H and O–H groups in total. The number of oxazole rings is 1. The van der Waals surface area contributed by atoms with Crippen LogP contribution in [0.2, 0.25) is 0 Å². The number of aromatic hydroxyl groups is 2. The van der Waals surface area contributed by atoms with Gasteiger partial charge in [0.1, 0.15) is 17.0 Å². The summed E-state index contributed by atoms with van der Waals surface area (Å²) in [4.78, 5) is 4.44. The normalized spacial score (nSPS) is 11.0. The van der Waals surface area contributed by atoms with Crippen molar-refractivity contribution in [3.63, 3.8) is 0 Å². The Bertz CT molecular complexity index is 729. The molecule has 0 saturated carbocycles. The van der Waals surface area contributed by atoms with Crippen LogP contribution in [0.25, 0.3) is 22.6 Å². The van der Waals surface area contributed by atoms with Gasteiger partial charge in [-0.25, -0.2) is 4.98 Å². The van der Waals surface area contributed by atoms with Gasteiger partial charge in [-0.1, -0.05) is 6.92 Å². The molecule has 0 unspecified atom stereocenters. The first kappa shape index (κ1) is 11.6. The van der Waals surface area contributed by atoms with Crippen LogP contribution in [0, 0.1) is 0 Å². The molecule has 0 fully saturated rings. The highest BCUT2D eigenvalue weighted by Crippen LogP contribution is 2.31. The molecule has 0 bridgehead atoms. The average Bonchev–Trinajstić information content (AvgIpc) is 2.83. The molecule has 0 amide bonds. The van der Waals surface area contributed by atoms with Crippen molar-refractivity contribution in [2.45, 2.75) is 13.3 Å². The molecule has 3 aromatic rings. The summed E-state index contributed by atoms with van der Waals surface area (Å²) in [6, 6.07) is 9.98. The molecule has 19 heavy (non-hydrogen) atoms. The van der Waals surface area contributed by atoms with Gasteiger partial charge in [-0.05, 0) is 42.8 Å². The van der Waals surface area contributed by atoms with Crippen molar-refractivity contribution in [2.24, 2.45) is 0 Å². The third kappa shape index (κ3) is 1.91. The van der Waals surface area contributed by atoms with E-state index in [0.717, 1.165) is 11.1 Å². The van der Waals surface area contributed by atoms with E-state index in [9.17, 15) is 10.2 Å². The van der Waals surface area contributed by atoms with Crippen LogP contribution in [0.4, 0.5) is 0 Å². The van der Waals surface area contributed by atoms with Crippen molar-refractivity contribution in [1.29, 1.82) is 0 Å². The fourth-order valence-electron chi connectivity index (χ4n) is 2.11. The maximum absolute atomic E-state index is 9.81. The maximum atomic E-state index is 9.81. The third-order valence-corrected chi connectivity index (χ3v) is 3.11. The molecule has 96 valence electrons. The highest BCUT2D eigenvalue weighted by molar-refractivity contribution is 5.81. The highest BCUT2D eigenvalue weighted by atomic mass is 16.3. The van der Waals surface area contributed by atoms with E-state index in [-0.39, 0.29) is 11.5 Å². The number of fused-ring (bicyclic) bond motifs is 1. The zero-order valence-corrected chi connectivity index (χ0v) is 10.4. The smallest absolute Gasteiger partial charge is 0.227 e. The lowest BCUT2D eigenvalue weighted by atomic mass is 10.1. The number of aromatic nitrogens is 1. The first-order valence-electron chi connectivity index (χ1n) is 6.10. The van der Waals surface area contributed by atoms with Crippen molar-refractivity contribution in [2.75, 3.05) is 0 Å². The Morgan fingerprint density at radius 1 is 1.05 bits per heavy atom. The number of phenolic OH excluding ortho intramolecular Hbond substituents is 2. The molecule has 1 aromatic heterocycles. The highest BCUT2D eigenvalue weighted by Gasteiger charge is 2.13. The summed E-state index contributed by atoms with van der Waals surface area (Å²) in [5, 5.41) is 19.1. The van der Waals surface area contributed by atoms with Gasteiger partial charge in [-0.2, -0.15) is 0 Å². The molecular weight excluding hydrogens is 242 g/mol. The van der Waals surface area contributed by atoms with E-state index in [0.29, 0.717) is 23.4 Å². The van der Waals surface area contributed by atoms with Gasteiger partial charge in [-0.3, -0.25) is 0 Å². The Balaban J connectivity index is 2.19. The summed E-state index contributed by atoms with van der Waals surface area (Å²) in [7, 11) is 0. The number of hydrogen-bond donors (Lipinski definition) is 2. The monoisotopic (exact) mass is 255 g/mol. The van der Waals surface area contributed by atoms with Crippen LogP contribution in [-0.4, -0.2) is 15.2 Å². The maximum Gasteiger partial charge on any atom is 0.227 e. The molecule has 3 rings (SSSR count). The molecule has 0 aliphatic heterocycles. The summed E-state index contributed by atoms with van der Waals surface area (Å²) in [6.07, 6.45) is 0.685. The van der Waals surface area contributed by atoms with Gasteiger partial charge in [0.15, 0.2) is 5.58 Å². The SMILES string of the molecule is CCc1c(O)ccc2oc(-c3ccc(O)cc3)nc12. The number of phenols is 2. The van der Waals surface area contributed by atoms with E-state index in [1.807, 2.05) is 6.92 Å². The van der Waals surface area contributed by atoms with Gasteiger partial charge < -0.3 is 14.6 Å². The lowest BCUT2D eigenvalue weighted by Gasteiger charge is -1.99. The van der Waals surface area contributed by atoms with Crippen LogP contribution < -0.4 is 0 Å². The number of aryl methyl sites for hydroxylation is 1. The van der Waals surface area contributed by atoms with Gasteiger partial charge >= 0.3 is 0 Å². The molecule has 4 heteroatoms. The Kier molecular flexibility index (Phi) is 2.63. The van der Waals surface area contributed by atoms with Gasteiger partial charge in [0, 0.05) is 11.1 Å². The molecule has 2 aromatic carbocycles. The van der Waals surface area contributed by atoms with Crippen molar-refractivity contribution < 1.29 is 14.6 Å². The lowest BCUT2D eigenvalue weighted by molar-refractivity contribution is 0.469. The summed E-state index contributed by atoms with van der Waals surface area (Å²) >= 11 is 0. The van der Waals surface area contributed by atoms with Crippen molar-refractivity contribution in [3.8, 4) is 23.0 Å². The topological polar surface area (TPSA) is 66.5 Å². The summed E-state index contributed by atoms with van der Waals surface area (Å²) in [5.74, 6) is 0.919. The number of rotatable bonds is 2. The quantitative estimate of drug-likeness (QED) is 0.735. The fraction of sp³-hybridized carbons (Fsp3) is 0.133. The van der Waals surface area contributed by atoms with Gasteiger partial charge in [0.25, 0.3) is 0 Å². The number of hydrogen-bond acceptors (Lipinski definition) is 4. The molecule has 4 nitrogen and oxygen atoms in total. The molecule has 0 saturated heterocycles. The largest absolute Gasteiger partial charge is 0.508 e. The summed E-state index contributed by atoms with van der Waals surface area (Å²) < 4.78 is 5.69. The predicted molar refractivity (Wildman–Crippen MR) is 72.2 cm³/mol. The molecule has 0 spiro atoms. The van der Waals surface area contributed by atoms with E-state index in [4.69, 9.17) is 4.42 Å². The number of nitrogens with zero attached hydrogens (tertiary/aromatic N) is 1. The van der Waals surface area contributed by atoms with E-state index in [1.165, 1.54) is 0 Å². The fourth-order valence-corrected chi connectivity index (χ4v) is 2.11. The van der Waals surface area contributed by atoms with E-state index >= 15 is 0 Å². The van der Waals surface area contributed by atoms with Crippen LogP contribution in [0.3, 0.4) is 0 Å². The molecule has 0 aliphatic carbocycles. The zero-order valence-electron chi connectivity index (χ0n) is 10.4. The van der Waals surface area contributed by atoms with Crippen LogP contribution >= 0.6 is 0 Å². The van der Waals surface area contributed by atoms with E-state index in [1.54, 1.807) is 36.4 Å². The van der Waals surface area contributed by atoms with Gasteiger partial charge in [0.05, 0.1) is 0 Å². The summed E-state index contributed by atoms with van der Waals surface area (Å²) in [6.45, 7) is 1.96. The third-order valence-electron chi connectivity index (χ3n) is 3.11. The second-order valence-electron chi connectivity index (χ2n) is 4.33. The Hall–Kier alpha value is -2.49. The van der Waals surface area contributed by atoms with Gasteiger partial charge in [0.2, 0.25) is 5.89 Å². The first-order chi connectivity index (χ1) is 9.19. The minimum absolute atomic E-state index is 0.201. The second-order valence-corrected chi connectivity index (χ2v) is 4.33. The lowest BCUT2D eigenvalue weighted by Crippen LogP contribution is -1.84. The zero-order chi connectivity index (χ0) is 13.4. The Morgan fingerprint density at radius 3 is 2.47 bits per heavy atom. The molecule has 1 heterocycles. The molecule has 0 radical (unpaired) electrons. The first-order valence-corrected chi connectivity index (χ1v) is 6.10. The van der Waals surface area contributed by atoms with Crippen molar-refractivity contribution in [1.82, 2.24) is 4.98 Å². The van der Waals surface area contributed by atoms with Crippen LogP contribution in [0.1, 0.15) is 12.5 Å². The van der Waals surface area contributed by atoms with Crippen molar-refractivity contribution in [3.05, 3.63) is 42.0 Å². The molecule has 0 aliphatic rings. The summed E-state index contributed by atoms with van der Waals surface area (Å²) in [5.41, 5.74) is 2.91. The van der Waals surface area contributed by atoms with Crippen molar-refractivity contribution >= 4 is 11.1 Å².